The number of hydrogen-bond acceptors (Lipinski definition) is 6. The summed E-state index contributed by atoms with van der Waals surface area (Å²) in [4.78, 5) is 20.7. The quantitative estimate of drug-likeness (QED) is 0.505. The first kappa shape index (κ1) is 18.4. The molecule has 6 heteroatoms. The Morgan fingerprint density at radius 1 is 1.00 bits per heavy atom. The van der Waals surface area contributed by atoms with E-state index in [1.165, 1.54) is 0 Å². The van der Waals surface area contributed by atoms with Crippen LogP contribution >= 0.6 is 0 Å². The first-order valence-corrected chi connectivity index (χ1v) is 7.35. The number of carbonyl (C=O) groups excluding carboxylic acids is 2. The van der Waals surface area contributed by atoms with E-state index in [4.69, 9.17) is 4.74 Å². The third-order valence-corrected chi connectivity index (χ3v) is 2.75. The van der Waals surface area contributed by atoms with E-state index < -0.39 is 0 Å². The van der Waals surface area contributed by atoms with Crippen molar-refractivity contribution >= 4 is 11.9 Å². The lowest BCUT2D eigenvalue weighted by molar-refractivity contribution is -0.138. The van der Waals surface area contributed by atoms with E-state index in [2.05, 4.69) is 34.3 Å². The van der Waals surface area contributed by atoms with Gasteiger partial charge in [0, 0.05) is 12.8 Å². The summed E-state index contributed by atoms with van der Waals surface area (Å²) in [5, 5.41) is 0. The molecule has 4 aliphatic heterocycles. The number of ether oxygens (including phenoxy) is 4. The number of esters is 2. The Kier molecular flexibility index (Phi) is 7.84. The van der Waals surface area contributed by atoms with Crippen LogP contribution in [0.15, 0.2) is 24.7 Å². The number of epoxide rings is 2. The topological polar surface area (TPSA) is 77.7 Å². The molecule has 0 aromatic rings. The van der Waals surface area contributed by atoms with Crippen molar-refractivity contribution in [3.63, 3.8) is 0 Å². The van der Waals surface area contributed by atoms with Gasteiger partial charge in [-0.25, -0.2) is 0 Å². The van der Waals surface area contributed by atoms with E-state index >= 15 is 0 Å². The van der Waals surface area contributed by atoms with Gasteiger partial charge < -0.3 is 18.9 Å². The molecule has 0 bridgehead atoms. The lowest BCUT2D eigenvalue weighted by Crippen LogP contribution is -2.00. The van der Waals surface area contributed by atoms with Crippen LogP contribution in [0, 0.1) is 5.92 Å². The van der Waals surface area contributed by atoms with Crippen LogP contribution in [0.25, 0.3) is 0 Å². The zero-order valence-electron chi connectivity index (χ0n) is 13.3. The summed E-state index contributed by atoms with van der Waals surface area (Å²) in [6, 6.07) is 0. The molecule has 2 atom stereocenters. The second-order valence-corrected chi connectivity index (χ2v) is 5.33. The van der Waals surface area contributed by atoms with Crippen molar-refractivity contribution in [2.45, 2.75) is 39.2 Å². The van der Waals surface area contributed by atoms with Gasteiger partial charge in [0.15, 0.2) is 0 Å². The van der Waals surface area contributed by atoms with Gasteiger partial charge in [-0.15, -0.1) is 0 Å². The number of hydrogen-bond donors (Lipinski definition) is 0. The average molecular weight is 312 g/mol. The molecule has 4 saturated heterocycles. The number of carbonyl (C=O) groups is 2. The molecule has 124 valence electrons. The molecular weight excluding hydrogens is 288 g/mol. The normalized spacial score (nSPS) is 27.2. The molecule has 2 unspecified atom stereocenters. The fourth-order valence-electron chi connectivity index (χ4n) is 1.31. The summed E-state index contributed by atoms with van der Waals surface area (Å²) >= 11 is 0. The summed E-state index contributed by atoms with van der Waals surface area (Å²) in [6.45, 7) is 13.8. The highest BCUT2D eigenvalue weighted by Gasteiger charge is 2.24. The van der Waals surface area contributed by atoms with Gasteiger partial charge in [-0.1, -0.05) is 20.1 Å². The number of allylic oxidation sites excluding steroid dienone is 2. The van der Waals surface area contributed by atoms with Crippen molar-refractivity contribution in [3.8, 4) is 0 Å². The maximum absolute atomic E-state index is 10.5. The molecule has 0 amide bonds. The van der Waals surface area contributed by atoms with Crippen LogP contribution in [-0.2, 0) is 28.5 Å². The van der Waals surface area contributed by atoms with Crippen molar-refractivity contribution in [3.05, 3.63) is 24.7 Å². The Bertz CT molecular complexity index is 406. The standard InChI is InChI=1S/C6H8O2.C5H6O2.C3H6O.C2H4O/c1-4-3-5(2)8-6(4)7;1-4-2-3-5(6)7-4;1-3-2-4-3;1-2-3-1/h4H,2-3H2,1H3;1-3H2;3H,2H2,1H3;1-2H2. The van der Waals surface area contributed by atoms with Crippen LogP contribution in [-0.4, -0.2) is 37.9 Å². The van der Waals surface area contributed by atoms with E-state index in [0.717, 1.165) is 19.8 Å². The van der Waals surface area contributed by atoms with Crippen LogP contribution in [0.5, 0.6) is 0 Å². The fourth-order valence-corrected chi connectivity index (χ4v) is 1.31. The Hall–Kier alpha value is -1.66. The van der Waals surface area contributed by atoms with Gasteiger partial charge in [0.25, 0.3) is 0 Å². The van der Waals surface area contributed by atoms with Crippen molar-refractivity contribution in [1.82, 2.24) is 0 Å². The average Bonchev–Trinajstić information content (AvgIpc) is 3.34. The van der Waals surface area contributed by atoms with Crippen LogP contribution in [0.4, 0.5) is 0 Å². The molecule has 6 nitrogen and oxygen atoms in total. The van der Waals surface area contributed by atoms with Gasteiger partial charge in [0.1, 0.15) is 11.5 Å². The number of rotatable bonds is 0. The maximum Gasteiger partial charge on any atom is 0.314 e. The van der Waals surface area contributed by atoms with Crippen LogP contribution in [0.2, 0.25) is 0 Å². The van der Waals surface area contributed by atoms with Gasteiger partial charge in [0.2, 0.25) is 0 Å². The van der Waals surface area contributed by atoms with E-state index in [1.807, 2.05) is 6.92 Å². The Labute approximate surface area is 131 Å². The highest BCUT2D eigenvalue weighted by molar-refractivity contribution is 5.75. The van der Waals surface area contributed by atoms with Gasteiger partial charge in [-0.05, 0) is 6.92 Å². The molecule has 4 aliphatic rings. The summed E-state index contributed by atoms with van der Waals surface area (Å²) in [5.74, 6) is 0.940. The zero-order valence-corrected chi connectivity index (χ0v) is 13.3. The third-order valence-electron chi connectivity index (χ3n) is 2.75. The molecule has 0 spiro atoms. The molecule has 22 heavy (non-hydrogen) atoms. The molecule has 0 aromatic heterocycles. The highest BCUT2D eigenvalue weighted by Crippen LogP contribution is 2.21. The minimum atomic E-state index is -0.148. The molecule has 0 N–H and O–H groups in total. The van der Waals surface area contributed by atoms with Gasteiger partial charge >= 0.3 is 11.9 Å². The zero-order chi connectivity index (χ0) is 16.5. The van der Waals surface area contributed by atoms with Crippen molar-refractivity contribution < 1.29 is 28.5 Å². The second-order valence-electron chi connectivity index (χ2n) is 5.33. The minimum Gasteiger partial charge on any atom is -0.432 e. The second kappa shape index (κ2) is 9.38. The van der Waals surface area contributed by atoms with Gasteiger partial charge in [-0.2, -0.15) is 0 Å². The summed E-state index contributed by atoms with van der Waals surface area (Å²) in [6.07, 6.45) is 2.50. The lowest BCUT2D eigenvalue weighted by Gasteiger charge is -1.88. The van der Waals surface area contributed by atoms with E-state index in [1.54, 1.807) is 0 Å². The van der Waals surface area contributed by atoms with E-state index in [9.17, 15) is 9.59 Å². The monoisotopic (exact) mass is 312 g/mol. The lowest BCUT2D eigenvalue weighted by atomic mass is 10.1. The summed E-state index contributed by atoms with van der Waals surface area (Å²) < 4.78 is 18.4. The number of cyclic esters (lactones) is 2. The fraction of sp³-hybridized carbons (Fsp3) is 0.625. The molecule has 0 saturated carbocycles. The molecule has 0 aromatic carbocycles. The first-order valence-electron chi connectivity index (χ1n) is 7.35. The van der Waals surface area contributed by atoms with E-state index in [0.29, 0.717) is 36.9 Å². The van der Waals surface area contributed by atoms with Crippen molar-refractivity contribution in [2.24, 2.45) is 5.92 Å². The Morgan fingerprint density at radius 2 is 1.55 bits per heavy atom. The van der Waals surface area contributed by atoms with Crippen LogP contribution in [0.1, 0.15) is 33.1 Å². The summed E-state index contributed by atoms with van der Waals surface area (Å²) in [7, 11) is 0. The largest absolute Gasteiger partial charge is 0.432 e. The Balaban J connectivity index is 0.000000156. The molecule has 4 rings (SSSR count). The predicted octanol–water partition coefficient (Wildman–Crippen LogP) is 2.34. The van der Waals surface area contributed by atoms with Crippen LogP contribution in [0.3, 0.4) is 0 Å². The minimum absolute atomic E-state index is 0.0301. The van der Waals surface area contributed by atoms with Gasteiger partial charge in [-0.3, -0.25) is 9.59 Å². The molecular formula is C16H24O6. The first-order chi connectivity index (χ1) is 10.4. The maximum atomic E-state index is 10.5. The van der Waals surface area contributed by atoms with Crippen molar-refractivity contribution in [2.75, 3.05) is 19.8 Å². The molecule has 4 heterocycles. The summed E-state index contributed by atoms with van der Waals surface area (Å²) in [5.41, 5.74) is 0. The van der Waals surface area contributed by atoms with Gasteiger partial charge in [0.05, 0.1) is 38.3 Å². The molecule has 4 fully saturated rings. The highest BCUT2D eigenvalue weighted by atomic mass is 16.6. The van der Waals surface area contributed by atoms with E-state index in [-0.39, 0.29) is 17.9 Å². The predicted molar refractivity (Wildman–Crippen MR) is 79.7 cm³/mol. The molecule has 0 radical (unpaired) electrons. The smallest absolute Gasteiger partial charge is 0.314 e. The SMILES string of the molecule is C1CO1.C=C1CC(C)C(=O)O1.C=C1CCC(=O)O1.CC1CO1. The molecule has 0 aliphatic carbocycles. The van der Waals surface area contributed by atoms with Crippen molar-refractivity contribution in [1.29, 1.82) is 0 Å². The third kappa shape index (κ3) is 10.1. The van der Waals surface area contributed by atoms with Crippen LogP contribution < -0.4 is 0 Å². The Morgan fingerprint density at radius 3 is 1.64 bits per heavy atom.